The van der Waals surface area contributed by atoms with Crippen molar-refractivity contribution in [3.8, 4) is 5.75 Å². The summed E-state index contributed by atoms with van der Waals surface area (Å²) in [5.41, 5.74) is 3.22. The largest absolute Gasteiger partial charge is 0.489 e. The highest BCUT2D eigenvalue weighted by Crippen LogP contribution is 2.43. The molecule has 1 N–H and O–H groups in total. The van der Waals surface area contributed by atoms with Crippen molar-refractivity contribution in [1.29, 1.82) is 0 Å². The predicted octanol–water partition coefficient (Wildman–Crippen LogP) is 3.33. The average Bonchev–Trinajstić information content (AvgIpc) is 2.93. The van der Waals surface area contributed by atoms with E-state index in [1.165, 1.54) is 0 Å². The highest BCUT2D eigenvalue weighted by atomic mass is 16.6. The maximum atomic E-state index is 12.3. The summed E-state index contributed by atoms with van der Waals surface area (Å²) in [4.78, 5) is 12.3. The molecule has 1 atom stereocenters. The number of rotatable bonds is 4. The van der Waals surface area contributed by atoms with E-state index in [-0.39, 0.29) is 5.97 Å². The molecule has 0 amide bonds. The van der Waals surface area contributed by atoms with Crippen LogP contribution in [-0.4, -0.2) is 19.1 Å². The van der Waals surface area contributed by atoms with E-state index >= 15 is 0 Å². The summed E-state index contributed by atoms with van der Waals surface area (Å²) in [5, 5.41) is 3.34. The van der Waals surface area contributed by atoms with Crippen LogP contribution < -0.4 is 10.1 Å². The summed E-state index contributed by atoms with van der Waals surface area (Å²) in [7, 11) is 0. The van der Waals surface area contributed by atoms with Crippen LogP contribution in [0.1, 0.15) is 24.5 Å². The first-order valence-corrected chi connectivity index (χ1v) is 8.60. The Kier molecular flexibility index (Phi) is 4.06. The van der Waals surface area contributed by atoms with Gasteiger partial charge in [-0.3, -0.25) is 0 Å². The van der Waals surface area contributed by atoms with Crippen LogP contribution in [0.15, 0.2) is 65.7 Å². The van der Waals surface area contributed by atoms with Crippen molar-refractivity contribution < 1.29 is 14.3 Å². The van der Waals surface area contributed by atoms with Crippen molar-refractivity contribution in [1.82, 2.24) is 5.32 Å². The van der Waals surface area contributed by atoms with Gasteiger partial charge in [-0.15, -0.1) is 0 Å². The van der Waals surface area contributed by atoms with Crippen LogP contribution in [0.5, 0.6) is 5.75 Å². The van der Waals surface area contributed by atoms with Crippen molar-refractivity contribution in [3.63, 3.8) is 0 Å². The number of nitrogens with one attached hydrogen (secondary N) is 1. The Hall–Kier alpha value is -2.59. The minimum Gasteiger partial charge on any atom is -0.489 e. The van der Waals surface area contributed by atoms with Crippen molar-refractivity contribution in [3.05, 3.63) is 76.9 Å². The molecule has 4 heteroatoms. The van der Waals surface area contributed by atoms with Gasteiger partial charge < -0.3 is 14.8 Å². The molecule has 1 unspecified atom stereocenters. The number of cyclic esters (lactones) is 1. The van der Waals surface area contributed by atoms with Crippen molar-refractivity contribution in [2.45, 2.75) is 25.6 Å². The monoisotopic (exact) mass is 335 g/mol. The van der Waals surface area contributed by atoms with Gasteiger partial charge in [0.1, 0.15) is 12.4 Å². The first kappa shape index (κ1) is 15.9. The van der Waals surface area contributed by atoms with Crippen molar-refractivity contribution in [2.75, 3.05) is 13.1 Å². The minimum absolute atomic E-state index is 0.186. The number of hydrogen-bond donors (Lipinski definition) is 1. The summed E-state index contributed by atoms with van der Waals surface area (Å²) in [6.45, 7) is 3.99. The Bertz CT molecular complexity index is 828. The molecular formula is C21H21NO3. The molecule has 2 aliphatic heterocycles. The predicted molar refractivity (Wildman–Crippen MR) is 95.2 cm³/mol. The van der Waals surface area contributed by atoms with Gasteiger partial charge in [-0.2, -0.15) is 0 Å². The lowest BCUT2D eigenvalue weighted by Crippen LogP contribution is -2.33. The molecule has 2 aliphatic rings. The van der Waals surface area contributed by atoms with Crippen LogP contribution in [0.2, 0.25) is 0 Å². The van der Waals surface area contributed by atoms with Gasteiger partial charge in [-0.25, -0.2) is 4.79 Å². The Labute approximate surface area is 147 Å². The van der Waals surface area contributed by atoms with Gasteiger partial charge in [-0.05, 0) is 37.6 Å². The Morgan fingerprint density at radius 1 is 1.16 bits per heavy atom. The van der Waals surface area contributed by atoms with E-state index < -0.39 is 5.60 Å². The van der Waals surface area contributed by atoms with Crippen LogP contribution in [0, 0.1) is 0 Å². The first-order valence-electron chi connectivity index (χ1n) is 8.60. The number of carbonyl (C=O) groups is 1. The van der Waals surface area contributed by atoms with Gasteiger partial charge in [0.2, 0.25) is 0 Å². The molecular weight excluding hydrogens is 314 g/mol. The normalized spacial score (nSPS) is 22.5. The summed E-state index contributed by atoms with van der Waals surface area (Å²) >= 11 is 0. The number of hydrogen-bond acceptors (Lipinski definition) is 4. The lowest BCUT2D eigenvalue weighted by Gasteiger charge is -2.29. The minimum atomic E-state index is -0.716. The van der Waals surface area contributed by atoms with Crippen LogP contribution in [-0.2, 0) is 21.7 Å². The molecule has 128 valence electrons. The van der Waals surface area contributed by atoms with E-state index in [1.807, 2.05) is 61.5 Å². The summed E-state index contributed by atoms with van der Waals surface area (Å²) in [6.07, 6.45) is 0.730. The second-order valence-corrected chi connectivity index (χ2v) is 6.61. The van der Waals surface area contributed by atoms with Crippen molar-refractivity contribution >= 4 is 5.97 Å². The van der Waals surface area contributed by atoms with E-state index in [2.05, 4.69) is 5.32 Å². The lowest BCUT2D eigenvalue weighted by molar-refractivity contribution is -0.146. The smallest absolute Gasteiger partial charge is 0.335 e. The zero-order valence-electron chi connectivity index (χ0n) is 14.2. The van der Waals surface area contributed by atoms with E-state index in [0.29, 0.717) is 13.2 Å². The number of benzene rings is 2. The maximum Gasteiger partial charge on any atom is 0.335 e. The van der Waals surface area contributed by atoms with Gasteiger partial charge in [-0.1, -0.05) is 42.5 Å². The Balaban J connectivity index is 1.59. The fraction of sp³-hybridized carbons (Fsp3) is 0.286. The van der Waals surface area contributed by atoms with E-state index in [0.717, 1.165) is 41.0 Å². The van der Waals surface area contributed by atoms with E-state index in [1.54, 1.807) is 0 Å². The third-order valence-corrected chi connectivity index (χ3v) is 4.97. The third-order valence-electron chi connectivity index (χ3n) is 4.97. The first-order chi connectivity index (χ1) is 12.2. The summed E-state index contributed by atoms with van der Waals surface area (Å²) in [6, 6.07) is 17.9. The second-order valence-electron chi connectivity index (χ2n) is 6.61. The van der Waals surface area contributed by atoms with Gasteiger partial charge in [0.15, 0.2) is 5.60 Å². The number of carbonyl (C=O) groups excluding carboxylic acids is 1. The maximum absolute atomic E-state index is 12.3. The molecule has 0 bridgehead atoms. The molecule has 0 aliphatic carbocycles. The fourth-order valence-electron chi connectivity index (χ4n) is 3.53. The SMILES string of the molecule is CC1(c2cccc(OCc3ccccc3)c2)OC(=O)C2=C1CNCC2. The average molecular weight is 335 g/mol. The molecule has 2 aromatic carbocycles. The topological polar surface area (TPSA) is 47.6 Å². The Morgan fingerprint density at radius 2 is 2.00 bits per heavy atom. The van der Waals surface area contributed by atoms with Gasteiger partial charge in [0.05, 0.1) is 0 Å². The molecule has 25 heavy (non-hydrogen) atoms. The molecule has 0 aromatic heterocycles. The number of ether oxygens (including phenoxy) is 2. The molecule has 0 saturated carbocycles. The van der Waals surface area contributed by atoms with Gasteiger partial charge in [0, 0.05) is 23.3 Å². The number of esters is 1. The zero-order valence-corrected chi connectivity index (χ0v) is 14.2. The molecule has 0 spiro atoms. The fourth-order valence-corrected chi connectivity index (χ4v) is 3.53. The summed E-state index contributed by atoms with van der Waals surface area (Å²) < 4.78 is 11.7. The van der Waals surface area contributed by atoms with Crippen LogP contribution in [0.25, 0.3) is 0 Å². The van der Waals surface area contributed by atoms with E-state index in [9.17, 15) is 4.79 Å². The van der Waals surface area contributed by atoms with Crippen LogP contribution in [0.3, 0.4) is 0 Å². The second kappa shape index (κ2) is 6.37. The highest BCUT2D eigenvalue weighted by Gasteiger charge is 2.45. The van der Waals surface area contributed by atoms with Crippen LogP contribution in [0.4, 0.5) is 0 Å². The molecule has 4 rings (SSSR count). The molecule has 0 fully saturated rings. The third kappa shape index (κ3) is 2.94. The zero-order chi connectivity index (χ0) is 17.3. The lowest BCUT2D eigenvalue weighted by atomic mass is 9.85. The van der Waals surface area contributed by atoms with Crippen LogP contribution >= 0.6 is 0 Å². The van der Waals surface area contributed by atoms with Crippen molar-refractivity contribution in [2.24, 2.45) is 0 Å². The Morgan fingerprint density at radius 3 is 2.84 bits per heavy atom. The molecule has 0 saturated heterocycles. The molecule has 2 heterocycles. The highest BCUT2D eigenvalue weighted by molar-refractivity contribution is 5.93. The summed E-state index contributed by atoms with van der Waals surface area (Å²) in [5.74, 6) is 0.589. The molecule has 4 nitrogen and oxygen atoms in total. The van der Waals surface area contributed by atoms with Gasteiger partial charge >= 0.3 is 5.97 Å². The molecule has 2 aromatic rings. The standard InChI is InChI=1S/C21H21NO3/c1-21(19-13-22-11-10-18(19)20(23)25-21)16-8-5-9-17(12-16)24-14-15-6-3-2-4-7-15/h2-9,12,22H,10-11,13-14H2,1H3. The van der Waals surface area contributed by atoms with Gasteiger partial charge in [0.25, 0.3) is 0 Å². The quantitative estimate of drug-likeness (QED) is 0.871. The molecule has 0 radical (unpaired) electrons. The van der Waals surface area contributed by atoms with E-state index in [4.69, 9.17) is 9.47 Å².